The number of halogens is 1. The van der Waals surface area contributed by atoms with E-state index in [0.717, 1.165) is 30.7 Å². The molecule has 1 aliphatic carbocycles. The molecule has 0 bridgehead atoms. The number of hydrogen-bond donors (Lipinski definition) is 1. The molecular formula is C23H21FN4O3. The van der Waals surface area contributed by atoms with Crippen LogP contribution in [0.4, 0.5) is 4.39 Å². The molecule has 1 fully saturated rings. The molecule has 31 heavy (non-hydrogen) atoms. The molecule has 0 spiro atoms. The van der Waals surface area contributed by atoms with E-state index in [9.17, 15) is 9.18 Å². The van der Waals surface area contributed by atoms with Crippen LogP contribution in [-0.4, -0.2) is 39.3 Å². The summed E-state index contributed by atoms with van der Waals surface area (Å²) in [5, 5.41) is 8.86. The van der Waals surface area contributed by atoms with Crippen LogP contribution in [0.2, 0.25) is 0 Å². The summed E-state index contributed by atoms with van der Waals surface area (Å²) in [5.74, 6) is 0.422. The number of benzene rings is 2. The highest BCUT2D eigenvalue weighted by Crippen LogP contribution is 2.27. The van der Waals surface area contributed by atoms with Gasteiger partial charge in [-0.3, -0.25) is 4.79 Å². The Kier molecular flexibility index (Phi) is 4.99. The van der Waals surface area contributed by atoms with Crippen LogP contribution < -0.4 is 10.3 Å². The molecule has 1 N–H and O–H groups in total. The highest BCUT2D eigenvalue weighted by Gasteiger charge is 2.25. The molecule has 4 aromatic rings. The number of pyridine rings is 1. The topological polar surface area (TPSA) is 82.0 Å². The largest absolute Gasteiger partial charge is 0.490 e. The third-order valence-electron chi connectivity index (χ3n) is 5.65. The second-order valence-corrected chi connectivity index (χ2v) is 7.70. The Hall–Kier alpha value is -3.52. The fraction of sp³-hybridized carbons (Fsp3) is 0.261. The zero-order valence-electron chi connectivity index (χ0n) is 16.9. The molecule has 158 valence electrons. The highest BCUT2D eigenvalue weighted by molar-refractivity contribution is 5.82. The SMILES string of the molecule is CO[C@H]1CC[C@H](Oc2ccc(-n3cc(-c4cc5cc(F)ccc5[nH]c4=O)nn3)cc2)C1. The second-order valence-electron chi connectivity index (χ2n) is 7.70. The van der Waals surface area contributed by atoms with Crippen molar-refractivity contribution < 1.29 is 13.9 Å². The van der Waals surface area contributed by atoms with E-state index in [-0.39, 0.29) is 23.6 Å². The molecule has 0 aliphatic heterocycles. The minimum atomic E-state index is -0.369. The molecule has 0 radical (unpaired) electrons. The van der Waals surface area contributed by atoms with Crippen LogP contribution in [0, 0.1) is 5.82 Å². The van der Waals surface area contributed by atoms with Gasteiger partial charge in [0.15, 0.2) is 0 Å². The Bertz CT molecular complexity index is 1280. The lowest BCUT2D eigenvalue weighted by Crippen LogP contribution is -2.14. The highest BCUT2D eigenvalue weighted by atomic mass is 19.1. The first-order chi connectivity index (χ1) is 15.1. The molecule has 0 saturated heterocycles. The number of nitrogens with one attached hydrogen (secondary N) is 1. The van der Waals surface area contributed by atoms with E-state index in [2.05, 4.69) is 15.3 Å². The van der Waals surface area contributed by atoms with Gasteiger partial charge in [0.25, 0.3) is 5.56 Å². The van der Waals surface area contributed by atoms with Gasteiger partial charge in [0.1, 0.15) is 23.4 Å². The van der Waals surface area contributed by atoms with Gasteiger partial charge in [-0.05, 0) is 61.4 Å². The second kappa shape index (κ2) is 7.96. The van der Waals surface area contributed by atoms with Gasteiger partial charge >= 0.3 is 0 Å². The third-order valence-corrected chi connectivity index (χ3v) is 5.65. The van der Waals surface area contributed by atoms with E-state index in [1.807, 2.05) is 24.3 Å². The average molecular weight is 420 g/mol. The van der Waals surface area contributed by atoms with E-state index in [1.165, 1.54) is 18.2 Å². The van der Waals surface area contributed by atoms with Gasteiger partial charge in [-0.15, -0.1) is 5.10 Å². The molecule has 2 aromatic heterocycles. The lowest BCUT2D eigenvalue weighted by atomic mass is 10.1. The first kappa shape index (κ1) is 19.4. The summed E-state index contributed by atoms with van der Waals surface area (Å²) < 4.78 is 26.6. The van der Waals surface area contributed by atoms with Crippen LogP contribution in [0.3, 0.4) is 0 Å². The monoisotopic (exact) mass is 420 g/mol. The number of fused-ring (bicyclic) bond motifs is 1. The molecule has 5 rings (SSSR count). The number of aromatic amines is 1. The Morgan fingerprint density at radius 2 is 1.90 bits per heavy atom. The molecule has 2 aromatic carbocycles. The van der Waals surface area contributed by atoms with Crippen molar-refractivity contribution in [2.75, 3.05) is 7.11 Å². The summed E-state index contributed by atoms with van der Waals surface area (Å²) in [7, 11) is 1.73. The number of hydrogen-bond acceptors (Lipinski definition) is 5. The smallest absolute Gasteiger partial charge is 0.258 e. The first-order valence-corrected chi connectivity index (χ1v) is 10.1. The number of nitrogens with zero attached hydrogens (tertiary/aromatic N) is 3. The molecule has 8 heteroatoms. The lowest BCUT2D eigenvalue weighted by molar-refractivity contribution is 0.0947. The number of H-pyrrole nitrogens is 1. The van der Waals surface area contributed by atoms with Crippen molar-refractivity contribution >= 4 is 10.9 Å². The van der Waals surface area contributed by atoms with Crippen molar-refractivity contribution in [3.05, 3.63) is 70.9 Å². The van der Waals surface area contributed by atoms with Crippen LogP contribution in [0.1, 0.15) is 19.3 Å². The summed E-state index contributed by atoms with van der Waals surface area (Å²) in [5.41, 5.74) is 1.79. The summed E-state index contributed by atoms with van der Waals surface area (Å²) in [4.78, 5) is 15.2. The van der Waals surface area contributed by atoms with Gasteiger partial charge in [-0.1, -0.05) is 5.21 Å². The lowest BCUT2D eigenvalue weighted by Gasteiger charge is -2.14. The Balaban J connectivity index is 1.36. The normalized spacial score (nSPS) is 18.5. The van der Waals surface area contributed by atoms with Crippen LogP contribution in [-0.2, 0) is 4.74 Å². The molecule has 0 unspecified atom stereocenters. The van der Waals surface area contributed by atoms with Gasteiger partial charge in [0.05, 0.1) is 23.6 Å². The van der Waals surface area contributed by atoms with E-state index in [4.69, 9.17) is 9.47 Å². The quantitative estimate of drug-likeness (QED) is 0.530. The van der Waals surface area contributed by atoms with Crippen LogP contribution in [0.25, 0.3) is 27.8 Å². The zero-order valence-corrected chi connectivity index (χ0v) is 16.9. The molecule has 0 amide bonds. The fourth-order valence-corrected chi connectivity index (χ4v) is 3.97. The fourth-order valence-electron chi connectivity index (χ4n) is 3.97. The standard InChI is InChI=1S/C23H21FN4O3/c1-30-18-7-8-19(12-18)31-17-5-3-16(4-6-17)28-13-22(26-27-28)20-11-14-10-15(24)2-9-21(14)25-23(20)29/h2-6,9-11,13,18-19H,7-8,12H2,1H3,(H,25,29)/t18-,19-/m0/s1. The van der Waals surface area contributed by atoms with Crippen LogP contribution in [0.5, 0.6) is 5.75 Å². The van der Waals surface area contributed by atoms with Crippen molar-refractivity contribution in [1.29, 1.82) is 0 Å². The first-order valence-electron chi connectivity index (χ1n) is 10.1. The van der Waals surface area contributed by atoms with E-state index < -0.39 is 0 Å². The number of rotatable bonds is 5. The predicted molar refractivity (Wildman–Crippen MR) is 114 cm³/mol. The number of aromatic nitrogens is 4. The van der Waals surface area contributed by atoms with Gasteiger partial charge < -0.3 is 14.5 Å². The maximum absolute atomic E-state index is 13.6. The molecule has 1 aliphatic rings. The third kappa shape index (κ3) is 3.94. The minimum absolute atomic E-state index is 0.165. The van der Waals surface area contributed by atoms with Crippen molar-refractivity contribution in [1.82, 2.24) is 20.0 Å². The Morgan fingerprint density at radius 3 is 2.68 bits per heavy atom. The molecule has 7 nitrogen and oxygen atoms in total. The van der Waals surface area contributed by atoms with E-state index in [0.29, 0.717) is 22.2 Å². The summed E-state index contributed by atoms with van der Waals surface area (Å²) in [6, 6.07) is 13.4. The summed E-state index contributed by atoms with van der Waals surface area (Å²) in [6.45, 7) is 0. The van der Waals surface area contributed by atoms with E-state index in [1.54, 1.807) is 24.1 Å². The van der Waals surface area contributed by atoms with Crippen LogP contribution in [0.15, 0.2) is 59.5 Å². The summed E-state index contributed by atoms with van der Waals surface area (Å²) in [6.07, 6.45) is 5.00. The van der Waals surface area contributed by atoms with Gasteiger partial charge in [0, 0.05) is 24.4 Å². The van der Waals surface area contributed by atoms with Gasteiger partial charge in [0.2, 0.25) is 0 Å². The summed E-state index contributed by atoms with van der Waals surface area (Å²) >= 11 is 0. The molecular weight excluding hydrogens is 399 g/mol. The number of ether oxygens (including phenoxy) is 2. The van der Waals surface area contributed by atoms with Crippen LogP contribution >= 0.6 is 0 Å². The Labute approximate surface area is 177 Å². The zero-order chi connectivity index (χ0) is 21.4. The Morgan fingerprint density at radius 1 is 1.10 bits per heavy atom. The van der Waals surface area contributed by atoms with Crippen molar-refractivity contribution in [3.8, 4) is 22.7 Å². The maximum atomic E-state index is 13.6. The average Bonchev–Trinajstić information content (AvgIpc) is 3.44. The molecule has 2 atom stereocenters. The molecule has 2 heterocycles. The van der Waals surface area contributed by atoms with E-state index >= 15 is 0 Å². The predicted octanol–water partition coefficient (Wildman–Crippen LogP) is 3.86. The maximum Gasteiger partial charge on any atom is 0.258 e. The molecule has 1 saturated carbocycles. The van der Waals surface area contributed by atoms with Gasteiger partial charge in [-0.2, -0.15) is 0 Å². The van der Waals surface area contributed by atoms with Crippen molar-refractivity contribution in [3.63, 3.8) is 0 Å². The van der Waals surface area contributed by atoms with Crippen molar-refractivity contribution in [2.24, 2.45) is 0 Å². The minimum Gasteiger partial charge on any atom is -0.490 e. The number of methoxy groups -OCH3 is 1. The van der Waals surface area contributed by atoms with Gasteiger partial charge in [-0.25, -0.2) is 9.07 Å². The van der Waals surface area contributed by atoms with Crippen molar-refractivity contribution in [2.45, 2.75) is 31.5 Å².